The Morgan fingerprint density at radius 3 is 2.90 bits per heavy atom. The summed E-state index contributed by atoms with van der Waals surface area (Å²) in [6.07, 6.45) is 7.00. The standard InChI is InChI=1S/C15H18N4O2/c20-15(21)13-6-3-7-14(17-13)16-10-11-8-9-19(18-11)12-4-1-2-5-12/h3,6-9,12H,1-2,4-5,10H2,(H,16,17)(H,20,21). The first-order valence-corrected chi connectivity index (χ1v) is 7.20. The lowest BCUT2D eigenvalue weighted by Crippen LogP contribution is -2.08. The molecule has 2 aromatic rings. The van der Waals surface area contributed by atoms with E-state index < -0.39 is 5.97 Å². The summed E-state index contributed by atoms with van der Waals surface area (Å²) in [5, 5.41) is 16.6. The van der Waals surface area contributed by atoms with Crippen LogP contribution in [-0.4, -0.2) is 25.8 Å². The van der Waals surface area contributed by atoms with Crippen LogP contribution < -0.4 is 5.32 Å². The van der Waals surface area contributed by atoms with Crippen LogP contribution in [0.3, 0.4) is 0 Å². The number of nitrogens with one attached hydrogen (secondary N) is 1. The SMILES string of the molecule is O=C(O)c1cccc(NCc2ccn(C3CCCC3)n2)n1. The summed E-state index contributed by atoms with van der Waals surface area (Å²) < 4.78 is 2.05. The van der Waals surface area contributed by atoms with Gasteiger partial charge < -0.3 is 10.4 Å². The number of hydrogen-bond acceptors (Lipinski definition) is 4. The zero-order valence-electron chi connectivity index (χ0n) is 11.7. The number of hydrogen-bond donors (Lipinski definition) is 2. The number of anilines is 1. The number of carboxylic acid groups (broad SMARTS) is 1. The average Bonchev–Trinajstić information content (AvgIpc) is 3.16. The highest BCUT2D eigenvalue weighted by atomic mass is 16.4. The Bertz CT molecular complexity index is 632. The van der Waals surface area contributed by atoms with E-state index in [-0.39, 0.29) is 5.69 Å². The molecule has 0 aliphatic heterocycles. The van der Waals surface area contributed by atoms with Gasteiger partial charge in [-0.05, 0) is 31.0 Å². The quantitative estimate of drug-likeness (QED) is 0.883. The summed E-state index contributed by atoms with van der Waals surface area (Å²) >= 11 is 0. The van der Waals surface area contributed by atoms with Crippen molar-refractivity contribution in [1.29, 1.82) is 0 Å². The van der Waals surface area contributed by atoms with Crippen molar-refractivity contribution in [2.24, 2.45) is 0 Å². The number of pyridine rings is 1. The Balaban J connectivity index is 1.62. The largest absolute Gasteiger partial charge is 0.477 e. The zero-order chi connectivity index (χ0) is 14.7. The average molecular weight is 286 g/mol. The molecule has 0 bridgehead atoms. The van der Waals surface area contributed by atoms with Gasteiger partial charge >= 0.3 is 5.97 Å². The van der Waals surface area contributed by atoms with Crippen molar-refractivity contribution in [1.82, 2.24) is 14.8 Å². The first-order chi connectivity index (χ1) is 10.2. The van der Waals surface area contributed by atoms with Crippen LogP contribution in [0.4, 0.5) is 5.82 Å². The maximum Gasteiger partial charge on any atom is 0.354 e. The lowest BCUT2D eigenvalue weighted by atomic mass is 10.3. The molecule has 2 N–H and O–H groups in total. The van der Waals surface area contributed by atoms with Gasteiger partial charge in [-0.15, -0.1) is 0 Å². The maximum atomic E-state index is 10.9. The van der Waals surface area contributed by atoms with Gasteiger partial charge in [0.25, 0.3) is 0 Å². The minimum absolute atomic E-state index is 0.0384. The molecule has 1 aliphatic carbocycles. The topological polar surface area (TPSA) is 80.0 Å². The normalized spacial score (nSPS) is 15.2. The summed E-state index contributed by atoms with van der Waals surface area (Å²) in [5.41, 5.74) is 0.973. The maximum absolute atomic E-state index is 10.9. The number of carboxylic acids is 1. The summed E-state index contributed by atoms with van der Waals surface area (Å²) in [4.78, 5) is 14.9. The van der Waals surface area contributed by atoms with E-state index in [0.717, 1.165) is 5.69 Å². The lowest BCUT2D eigenvalue weighted by molar-refractivity contribution is 0.0690. The molecule has 0 aromatic carbocycles. The molecule has 0 amide bonds. The van der Waals surface area contributed by atoms with Crippen molar-refractivity contribution in [3.8, 4) is 0 Å². The van der Waals surface area contributed by atoms with E-state index in [1.165, 1.54) is 31.7 Å². The number of rotatable bonds is 5. The molecule has 2 heterocycles. The first-order valence-electron chi connectivity index (χ1n) is 7.20. The van der Waals surface area contributed by atoms with Crippen LogP contribution >= 0.6 is 0 Å². The van der Waals surface area contributed by atoms with Crippen molar-refractivity contribution in [2.75, 3.05) is 5.32 Å². The fourth-order valence-corrected chi connectivity index (χ4v) is 2.68. The summed E-state index contributed by atoms with van der Waals surface area (Å²) in [7, 11) is 0. The van der Waals surface area contributed by atoms with Crippen molar-refractivity contribution in [3.05, 3.63) is 41.9 Å². The molecular formula is C15H18N4O2. The van der Waals surface area contributed by atoms with Gasteiger partial charge in [-0.3, -0.25) is 4.68 Å². The molecule has 110 valence electrons. The monoisotopic (exact) mass is 286 g/mol. The second-order valence-electron chi connectivity index (χ2n) is 5.29. The molecule has 1 aliphatic rings. The Hall–Kier alpha value is -2.37. The van der Waals surface area contributed by atoms with Crippen LogP contribution in [0.5, 0.6) is 0 Å². The van der Waals surface area contributed by atoms with Crippen LogP contribution in [0.1, 0.15) is 47.9 Å². The van der Waals surface area contributed by atoms with Crippen LogP contribution in [-0.2, 0) is 6.54 Å². The number of carbonyl (C=O) groups is 1. The van der Waals surface area contributed by atoms with E-state index in [1.807, 2.05) is 16.9 Å². The second-order valence-corrected chi connectivity index (χ2v) is 5.29. The molecule has 1 saturated carbocycles. The highest BCUT2D eigenvalue weighted by Crippen LogP contribution is 2.28. The fourth-order valence-electron chi connectivity index (χ4n) is 2.68. The summed E-state index contributed by atoms with van der Waals surface area (Å²) in [5.74, 6) is -0.477. The Kier molecular flexibility index (Phi) is 3.85. The van der Waals surface area contributed by atoms with Crippen molar-refractivity contribution in [3.63, 3.8) is 0 Å². The molecule has 6 nitrogen and oxygen atoms in total. The predicted molar refractivity (Wildman–Crippen MR) is 78.3 cm³/mol. The smallest absolute Gasteiger partial charge is 0.354 e. The Morgan fingerprint density at radius 2 is 2.14 bits per heavy atom. The summed E-state index contributed by atoms with van der Waals surface area (Å²) in [6.45, 7) is 0.537. The Labute approximate surface area is 122 Å². The van der Waals surface area contributed by atoms with Gasteiger partial charge in [0.2, 0.25) is 0 Å². The van der Waals surface area contributed by atoms with E-state index in [9.17, 15) is 4.79 Å². The fraction of sp³-hybridized carbons (Fsp3) is 0.400. The molecule has 2 aromatic heterocycles. The lowest BCUT2D eigenvalue weighted by Gasteiger charge is -2.09. The van der Waals surface area contributed by atoms with E-state index in [2.05, 4.69) is 15.4 Å². The zero-order valence-corrected chi connectivity index (χ0v) is 11.7. The van der Waals surface area contributed by atoms with E-state index in [4.69, 9.17) is 5.11 Å². The Morgan fingerprint density at radius 1 is 1.33 bits per heavy atom. The number of nitrogens with zero attached hydrogens (tertiary/aromatic N) is 3. The van der Waals surface area contributed by atoms with Gasteiger partial charge in [0.1, 0.15) is 5.82 Å². The van der Waals surface area contributed by atoms with Gasteiger partial charge in [-0.2, -0.15) is 5.10 Å². The molecule has 0 radical (unpaired) electrons. The highest BCUT2D eigenvalue weighted by Gasteiger charge is 2.17. The third kappa shape index (κ3) is 3.21. The van der Waals surface area contributed by atoms with Gasteiger partial charge in [0, 0.05) is 6.20 Å². The van der Waals surface area contributed by atoms with Crippen molar-refractivity contribution in [2.45, 2.75) is 38.3 Å². The molecule has 0 spiro atoms. The molecule has 3 rings (SSSR count). The third-order valence-corrected chi connectivity index (χ3v) is 3.78. The molecule has 21 heavy (non-hydrogen) atoms. The van der Waals surface area contributed by atoms with Gasteiger partial charge in [0.15, 0.2) is 5.69 Å². The van der Waals surface area contributed by atoms with E-state index in [0.29, 0.717) is 18.4 Å². The minimum Gasteiger partial charge on any atom is -0.477 e. The molecule has 0 unspecified atom stereocenters. The highest BCUT2D eigenvalue weighted by molar-refractivity contribution is 5.85. The van der Waals surface area contributed by atoms with Crippen LogP contribution in [0.2, 0.25) is 0 Å². The molecule has 1 fully saturated rings. The number of aromatic nitrogens is 3. The van der Waals surface area contributed by atoms with E-state index >= 15 is 0 Å². The minimum atomic E-state index is -1.02. The second kappa shape index (κ2) is 5.95. The molecule has 0 saturated heterocycles. The van der Waals surface area contributed by atoms with Crippen LogP contribution in [0.15, 0.2) is 30.5 Å². The van der Waals surface area contributed by atoms with Gasteiger partial charge in [-0.1, -0.05) is 18.9 Å². The summed E-state index contributed by atoms with van der Waals surface area (Å²) in [6, 6.07) is 7.43. The molecule has 0 atom stereocenters. The van der Waals surface area contributed by atoms with Gasteiger partial charge in [-0.25, -0.2) is 9.78 Å². The van der Waals surface area contributed by atoms with Crippen molar-refractivity contribution >= 4 is 11.8 Å². The van der Waals surface area contributed by atoms with Crippen LogP contribution in [0, 0.1) is 0 Å². The molecular weight excluding hydrogens is 268 g/mol. The van der Waals surface area contributed by atoms with E-state index in [1.54, 1.807) is 12.1 Å². The van der Waals surface area contributed by atoms with Gasteiger partial charge in [0.05, 0.1) is 18.3 Å². The first kappa shape index (κ1) is 13.6. The third-order valence-electron chi connectivity index (χ3n) is 3.78. The molecule has 6 heteroatoms. The predicted octanol–water partition coefficient (Wildman–Crippen LogP) is 2.70. The van der Waals surface area contributed by atoms with Crippen LogP contribution in [0.25, 0.3) is 0 Å². The number of aromatic carboxylic acids is 1. The van der Waals surface area contributed by atoms with Crippen molar-refractivity contribution < 1.29 is 9.90 Å².